The quantitative estimate of drug-likeness (QED) is 0.0359. The minimum atomic E-state index is -0.315. The van der Waals surface area contributed by atoms with Crippen LogP contribution in [0.15, 0.2) is 0 Å². The molecule has 0 aromatic heterocycles. The van der Waals surface area contributed by atoms with Crippen molar-refractivity contribution >= 4 is 11.9 Å². The van der Waals surface area contributed by atoms with Crippen LogP contribution in [-0.2, 0) is 38.0 Å². The zero-order chi connectivity index (χ0) is 55.1. The van der Waals surface area contributed by atoms with Crippen LogP contribution >= 0.6 is 0 Å². The lowest BCUT2D eigenvalue weighted by atomic mass is 10.1. The minimum Gasteiger partial charge on any atom is -0.466 e. The van der Waals surface area contributed by atoms with Crippen molar-refractivity contribution in [3.63, 3.8) is 0 Å². The normalized spacial score (nSPS) is 11.8. The molecule has 0 saturated heterocycles. The van der Waals surface area contributed by atoms with Crippen molar-refractivity contribution < 1.29 is 43.1 Å². The lowest BCUT2D eigenvalue weighted by Gasteiger charge is -2.22. The van der Waals surface area contributed by atoms with E-state index in [1.54, 1.807) is 0 Å². The summed E-state index contributed by atoms with van der Waals surface area (Å²) in [6.07, 6.45) is 54.7. The van der Waals surface area contributed by atoms with Gasteiger partial charge in [-0.1, -0.05) is 246 Å². The van der Waals surface area contributed by atoms with E-state index in [0.29, 0.717) is 65.3 Å². The summed E-state index contributed by atoms with van der Waals surface area (Å²) in [5.41, 5.74) is 0. The average Bonchev–Trinajstić information content (AvgIpc) is 3.42. The summed E-state index contributed by atoms with van der Waals surface area (Å²) in [6, 6.07) is 0. The Kier molecular flexibility index (Phi) is 63.4. The summed E-state index contributed by atoms with van der Waals surface area (Å²) in [5, 5.41) is 9.39. The maximum absolute atomic E-state index is 12.6. The highest BCUT2D eigenvalue weighted by atomic mass is 16.7. The van der Waals surface area contributed by atoms with E-state index in [-0.39, 0.29) is 31.1 Å². The van der Waals surface area contributed by atoms with Gasteiger partial charge in [-0.3, -0.25) is 9.59 Å². The van der Waals surface area contributed by atoms with Gasteiger partial charge >= 0.3 is 11.9 Å². The maximum atomic E-state index is 12.6. The number of esters is 2. The van der Waals surface area contributed by atoms with Gasteiger partial charge in [-0.05, 0) is 83.8 Å². The molecule has 454 valence electrons. The fourth-order valence-electron chi connectivity index (χ4n) is 9.94. The molecule has 10 nitrogen and oxygen atoms in total. The molecule has 0 heterocycles. The van der Waals surface area contributed by atoms with Gasteiger partial charge in [0, 0.05) is 45.9 Å². The van der Waals surface area contributed by atoms with Crippen LogP contribution in [0.25, 0.3) is 0 Å². The van der Waals surface area contributed by atoms with Crippen molar-refractivity contribution in [2.75, 3.05) is 65.9 Å². The van der Waals surface area contributed by atoms with Crippen molar-refractivity contribution in [2.24, 2.45) is 0 Å². The van der Waals surface area contributed by atoms with Crippen LogP contribution in [-0.4, -0.2) is 100 Å². The summed E-state index contributed by atoms with van der Waals surface area (Å²) in [6.45, 7) is 16.5. The number of carbonyl (C=O) groups excluding carboxylic acids is 2. The predicted molar refractivity (Wildman–Crippen MR) is 321 cm³/mol. The third kappa shape index (κ3) is 58.8. The summed E-state index contributed by atoms with van der Waals surface area (Å²) in [5.74, 6) is -0.261. The second-order valence-corrected chi connectivity index (χ2v) is 22.6. The highest BCUT2D eigenvalue weighted by molar-refractivity contribution is 5.69. The minimum absolute atomic E-state index is 0.130. The fraction of sp³-hybridized carbons (Fsp3) is 0.970. The van der Waals surface area contributed by atoms with E-state index < -0.39 is 0 Å². The number of nitrogens with zero attached hydrogens (tertiary/aromatic N) is 1. The first-order valence-corrected chi connectivity index (χ1v) is 33.6. The van der Waals surface area contributed by atoms with Gasteiger partial charge in [0.05, 0.1) is 26.1 Å². The number of carbonyl (C=O) groups is 2. The van der Waals surface area contributed by atoms with Crippen LogP contribution in [0.1, 0.15) is 336 Å². The molecule has 1 N–H and O–H groups in total. The Morgan fingerprint density at radius 2 is 0.526 bits per heavy atom. The van der Waals surface area contributed by atoms with Crippen molar-refractivity contribution in [1.29, 1.82) is 0 Å². The Labute approximate surface area is 472 Å². The Balaban J connectivity index is 4.20. The monoisotopic (exact) mass is 1080 g/mol. The molecule has 0 aromatic rings. The topological polar surface area (TPSA) is 113 Å². The number of unbranched alkanes of at least 4 members (excludes halogenated alkanes) is 37. The van der Waals surface area contributed by atoms with Gasteiger partial charge in [0.2, 0.25) is 0 Å². The van der Waals surface area contributed by atoms with Crippen molar-refractivity contribution in [3.8, 4) is 0 Å². The number of aliphatic hydroxyl groups excluding tert-OH is 1. The zero-order valence-electron chi connectivity index (χ0n) is 51.3. The van der Waals surface area contributed by atoms with Crippen molar-refractivity contribution in [3.05, 3.63) is 0 Å². The molecule has 0 saturated carbocycles. The smallest absolute Gasteiger partial charge is 0.305 e. The highest BCUT2D eigenvalue weighted by Gasteiger charge is 2.15. The summed E-state index contributed by atoms with van der Waals surface area (Å²) < 4.78 is 35.8. The van der Waals surface area contributed by atoms with Crippen LogP contribution < -0.4 is 0 Å². The molecule has 10 heteroatoms. The lowest BCUT2D eigenvalue weighted by molar-refractivity contribution is -0.159. The first kappa shape index (κ1) is 74.7. The molecule has 0 aromatic carbocycles. The lowest BCUT2D eigenvalue weighted by Crippen LogP contribution is -2.27. The van der Waals surface area contributed by atoms with Crippen molar-refractivity contribution in [2.45, 2.75) is 348 Å². The molecule has 0 spiro atoms. The van der Waals surface area contributed by atoms with Gasteiger partial charge in [0.25, 0.3) is 0 Å². The van der Waals surface area contributed by atoms with Crippen LogP contribution in [0, 0.1) is 0 Å². The third-order valence-corrected chi connectivity index (χ3v) is 15.0. The van der Waals surface area contributed by atoms with E-state index in [9.17, 15) is 14.7 Å². The molecule has 0 fully saturated rings. The Bertz CT molecular complexity index is 1010. The van der Waals surface area contributed by atoms with E-state index in [1.165, 1.54) is 218 Å². The number of rotatable bonds is 66. The number of ether oxygens (including phenoxy) is 6. The Hall–Kier alpha value is -1.30. The predicted octanol–water partition coefficient (Wildman–Crippen LogP) is 18.9. The van der Waals surface area contributed by atoms with Crippen LogP contribution in [0.2, 0.25) is 0 Å². The molecule has 0 aliphatic heterocycles. The van der Waals surface area contributed by atoms with Crippen LogP contribution in [0.4, 0.5) is 0 Å². The molecule has 0 aliphatic rings. The van der Waals surface area contributed by atoms with Gasteiger partial charge in [0.1, 0.15) is 0 Å². The van der Waals surface area contributed by atoms with Gasteiger partial charge < -0.3 is 38.4 Å². The average molecular weight is 1080 g/mol. The molecule has 0 bridgehead atoms. The van der Waals surface area contributed by atoms with Crippen molar-refractivity contribution in [1.82, 2.24) is 4.90 Å². The summed E-state index contributed by atoms with van der Waals surface area (Å²) >= 11 is 0. The van der Waals surface area contributed by atoms with E-state index >= 15 is 0 Å². The summed E-state index contributed by atoms with van der Waals surface area (Å²) in [7, 11) is 0. The van der Waals surface area contributed by atoms with Gasteiger partial charge in [-0.25, -0.2) is 0 Å². The van der Waals surface area contributed by atoms with Gasteiger partial charge in [-0.15, -0.1) is 0 Å². The van der Waals surface area contributed by atoms with Gasteiger partial charge in [0.15, 0.2) is 12.6 Å². The first-order chi connectivity index (χ1) is 37.5. The zero-order valence-corrected chi connectivity index (χ0v) is 51.3. The van der Waals surface area contributed by atoms with Crippen LogP contribution in [0.5, 0.6) is 0 Å². The first-order valence-electron chi connectivity index (χ1n) is 33.6. The van der Waals surface area contributed by atoms with Gasteiger partial charge in [-0.2, -0.15) is 0 Å². The Morgan fingerprint density at radius 1 is 0.303 bits per heavy atom. The number of hydrogen-bond acceptors (Lipinski definition) is 10. The van der Waals surface area contributed by atoms with E-state index in [2.05, 4.69) is 32.6 Å². The Morgan fingerprint density at radius 3 is 0.789 bits per heavy atom. The molecule has 0 rings (SSSR count). The number of aliphatic hydroxyl groups is 1. The van der Waals surface area contributed by atoms with Crippen LogP contribution in [0.3, 0.4) is 0 Å². The SMILES string of the molecule is CCCCCCCCCOC(CCC(=O)OCCCCCCCCCN(CCCCO)CCCCCCCCCOC(=O)CCC(OCCCCCCCCC)OCCCCCCCCC)OCCCCCCCCC. The molecule has 0 amide bonds. The number of hydrogen-bond donors (Lipinski definition) is 1. The third-order valence-electron chi connectivity index (χ3n) is 15.0. The molecule has 0 aliphatic carbocycles. The molecule has 0 unspecified atom stereocenters. The molecular formula is C66H131NO9. The highest BCUT2D eigenvalue weighted by Crippen LogP contribution is 2.17. The second-order valence-electron chi connectivity index (χ2n) is 22.6. The molecule has 0 atom stereocenters. The largest absolute Gasteiger partial charge is 0.466 e. The second kappa shape index (κ2) is 64.5. The molecule has 76 heavy (non-hydrogen) atoms. The molecule has 0 radical (unpaired) electrons. The van der Waals surface area contributed by atoms with E-state index in [1.807, 2.05) is 0 Å². The molecular weight excluding hydrogens is 951 g/mol. The summed E-state index contributed by atoms with van der Waals surface area (Å²) in [4.78, 5) is 27.9. The maximum Gasteiger partial charge on any atom is 0.305 e. The van der Waals surface area contributed by atoms with E-state index in [0.717, 1.165) is 83.8 Å². The standard InChI is InChI=1S/C66H131NO9/c1-5-9-13-17-25-35-45-59-73-65(74-60-46-36-26-18-14-10-6-2)51-49-63(69)71-57-43-33-29-21-23-31-39-53-67(55-41-42-56-68)54-40-32-24-22-30-34-44-58-72-64(70)50-52-66(75-61-47-37-27-19-15-11-7-3)76-62-48-38-28-20-16-12-8-4/h65-66,68H,5-62H2,1-4H3. The fourth-order valence-corrected chi connectivity index (χ4v) is 9.94. The van der Waals surface area contributed by atoms with E-state index in [4.69, 9.17) is 28.4 Å².